The zero-order valence-corrected chi connectivity index (χ0v) is 18.1. The number of sulfone groups is 1. The minimum absolute atomic E-state index is 0.385. The van der Waals surface area contributed by atoms with E-state index in [1.807, 2.05) is 19.1 Å². The summed E-state index contributed by atoms with van der Waals surface area (Å²) < 4.78 is 23.6. The molecule has 2 aliphatic carbocycles. The molecule has 6 heteroatoms. The average molecular weight is 412 g/mol. The predicted octanol–water partition coefficient (Wildman–Crippen LogP) is 3.04. The van der Waals surface area contributed by atoms with Crippen LogP contribution < -0.4 is 10.6 Å². The molecule has 2 aromatic carbocycles. The number of rotatable bonds is 6. The maximum absolute atomic E-state index is 11.8. The molecule has 0 bridgehead atoms. The van der Waals surface area contributed by atoms with Gasteiger partial charge < -0.3 is 10.6 Å². The Bertz CT molecular complexity index is 1050. The number of fused-ring (bicyclic) bond motifs is 3. The lowest BCUT2D eigenvalue weighted by Gasteiger charge is -2.13. The summed E-state index contributed by atoms with van der Waals surface area (Å²) in [5, 5.41) is 6.82. The molecule has 0 radical (unpaired) electrons. The lowest BCUT2D eigenvalue weighted by atomic mass is 10.0. The van der Waals surface area contributed by atoms with Crippen LogP contribution in [0.4, 0.5) is 0 Å². The molecule has 1 saturated carbocycles. The standard InChI is InChI=1S/C23H29N3O2S/c1-4-24-23(25-13-16-9-10-21(15(2)11-16)29(3,27)28)26-14-20-19-12-17-7-5-6-8-18(17)22(19)20/h5-11,19-20,22H,4,12-14H2,1-3H3,(H2,24,25,26). The number of guanidine groups is 1. The van der Waals surface area contributed by atoms with E-state index in [1.54, 1.807) is 6.07 Å². The molecule has 3 atom stereocenters. The van der Waals surface area contributed by atoms with Crippen LogP contribution in [0, 0.1) is 18.8 Å². The van der Waals surface area contributed by atoms with Gasteiger partial charge in [-0.2, -0.15) is 0 Å². The zero-order chi connectivity index (χ0) is 20.6. The molecular formula is C23H29N3O2S. The number of nitrogens with one attached hydrogen (secondary N) is 2. The summed E-state index contributed by atoms with van der Waals surface area (Å²) in [5.74, 6) is 2.97. The van der Waals surface area contributed by atoms with E-state index in [1.165, 1.54) is 23.8 Å². The fraction of sp³-hybridized carbons (Fsp3) is 0.435. The number of benzene rings is 2. The highest BCUT2D eigenvalue weighted by atomic mass is 32.2. The Hall–Kier alpha value is -2.34. The van der Waals surface area contributed by atoms with Crippen LogP contribution in [0.5, 0.6) is 0 Å². The summed E-state index contributed by atoms with van der Waals surface area (Å²) in [6, 6.07) is 14.3. The van der Waals surface area contributed by atoms with Gasteiger partial charge in [0.05, 0.1) is 11.4 Å². The first kappa shape index (κ1) is 20.0. The molecule has 1 fully saturated rings. The molecule has 5 nitrogen and oxygen atoms in total. The SMILES string of the molecule is CCNC(=NCc1ccc(S(C)(=O)=O)c(C)c1)NCC1C2Cc3ccccc3C12. The topological polar surface area (TPSA) is 70.6 Å². The predicted molar refractivity (Wildman–Crippen MR) is 117 cm³/mol. The van der Waals surface area contributed by atoms with Crippen LogP contribution in [-0.4, -0.2) is 33.7 Å². The molecule has 0 amide bonds. The number of hydrogen-bond acceptors (Lipinski definition) is 3. The van der Waals surface area contributed by atoms with Crippen molar-refractivity contribution in [2.45, 2.75) is 37.6 Å². The Morgan fingerprint density at radius 1 is 1.17 bits per heavy atom. The molecule has 3 unspecified atom stereocenters. The summed E-state index contributed by atoms with van der Waals surface area (Å²) in [4.78, 5) is 5.08. The first-order valence-electron chi connectivity index (χ1n) is 10.3. The van der Waals surface area contributed by atoms with E-state index < -0.39 is 9.84 Å². The monoisotopic (exact) mass is 411 g/mol. The van der Waals surface area contributed by atoms with E-state index in [9.17, 15) is 8.42 Å². The van der Waals surface area contributed by atoms with Gasteiger partial charge in [-0.1, -0.05) is 36.4 Å². The van der Waals surface area contributed by atoms with Gasteiger partial charge >= 0.3 is 0 Å². The fourth-order valence-electron chi connectivity index (χ4n) is 4.71. The molecule has 0 spiro atoms. The highest BCUT2D eigenvalue weighted by molar-refractivity contribution is 7.90. The summed E-state index contributed by atoms with van der Waals surface area (Å²) in [6.07, 6.45) is 2.44. The molecule has 4 rings (SSSR count). The normalized spacial score (nSPS) is 22.7. The van der Waals surface area contributed by atoms with Crippen LogP contribution in [0.25, 0.3) is 0 Å². The lowest BCUT2D eigenvalue weighted by Crippen LogP contribution is -2.38. The van der Waals surface area contributed by atoms with Crippen molar-refractivity contribution in [3.05, 3.63) is 64.7 Å². The van der Waals surface area contributed by atoms with Crippen molar-refractivity contribution in [1.29, 1.82) is 0 Å². The quantitative estimate of drug-likeness (QED) is 0.566. The summed E-state index contributed by atoms with van der Waals surface area (Å²) >= 11 is 0. The number of aryl methyl sites for hydroxylation is 1. The number of hydrogen-bond donors (Lipinski definition) is 2. The molecule has 0 saturated heterocycles. The van der Waals surface area contributed by atoms with E-state index in [4.69, 9.17) is 4.99 Å². The third kappa shape index (κ3) is 4.17. The van der Waals surface area contributed by atoms with E-state index in [2.05, 4.69) is 41.8 Å². The van der Waals surface area contributed by atoms with Crippen LogP contribution >= 0.6 is 0 Å². The first-order valence-corrected chi connectivity index (χ1v) is 12.2. The second-order valence-electron chi connectivity index (χ2n) is 8.20. The smallest absolute Gasteiger partial charge is 0.191 e. The molecule has 2 aromatic rings. The van der Waals surface area contributed by atoms with E-state index in [0.717, 1.165) is 36.1 Å². The number of nitrogens with zero attached hydrogens (tertiary/aromatic N) is 1. The van der Waals surface area contributed by atoms with Crippen LogP contribution in [0.1, 0.15) is 35.1 Å². The summed E-state index contributed by atoms with van der Waals surface area (Å²) in [6.45, 7) is 6.14. The second-order valence-corrected chi connectivity index (χ2v) is 10.2. The van der Waals surface area contributed by atoms with Crippen LogP contribution in [-0.2, 0) is 22.8 Å². The summed E-state index contributed by atoms with van der Waals surface area (Å²) in [7, 11) is -3.19. The third-order valence-corrected chi connectivity index (χ3v) is 7.37. The van der Waals surface area contributed by atoms with Crippen molar-refractivity contribution in [3.63, 3.8) is 0 Å². The van der Waals surface area contributed by atoms with Gasteiger partial charge in [0.1, 0.15) is 0 Å². The van der Waals surface area contributed by atoms with Crippen LogP contribution in [0.3, 0.4) is 0 Å². The Morgan fingerprint density at radius 3 is 2.69 bits per heavy atom. The third-order valence-electron chi connectivity index (χ3n) is 6.11. The van der Waals surface area contributed by atoms with Crippen molar-refractivity contribution < 1.29 is 8.42 Å². The van der Waals surface area contributed by atoms with Gasteiger partial charge in [-0.3, -0.25) is 0 Å². The van der Waals surface area contributed by atoms with Gasteiger partial charge in [0.25, 0.3) is 0 Å². The molecule has 154 valence electrons. The Balaban J connectivity index is 1.38. The van der Waals surface area contributed by atoms with Crippen molar-refractivity contribution in [3.8, 4) is 0 Å². The van der Waals surface area contributed by atoms with Crippen molar-refractivity contribution in [1.82, 2.24) is 10.6 Å². The van der Waals surface area contributed by atoms with Crippen molar-refractivity contribution in [2.75, 3.05) is 19.3 Å². The number of aliphatic imine (C=N–C) groups is 1. The van der Waals surface area contributed by atoms with Crippen molar-refractivity contribution in [2.24, 2.45) is 16.8 Å². The van der Waals surface area contributed by atoms with E-state index in [0.29, 0.717) is 23.3 Å². The van der Waals surface area contributed by atoms with Gasteiger partial charge in [-0.15, -0.1) is 0 Å². The highest BCUT2D eigenvalue weighted by Gasteiger charge is 2.54. The Kier molecular flexibility index (Phi) is 5.38. The molecule has 2 N–H and O–H groups in total. The molecule has 29 heavy (non-hydrogen) atoms. The van der Waals surface area contributed by atoms with Crippen molar-refractivity contribution >= 4 is 15.8 Å². The van der Waals surface area contributed by atoms with Gasteiger partial charge in [-0.05, 0) is 66.3 Å². The van der Waals surface area contributed by atoms with Gasteiger partial charge in [-0.25, -0.2) is 13.4 Å². The van der Waals surface area contributed by atoms with Crippen LogP contribution in [0.2, 0.25) is 0 Å². The van der Waals surface area contributed by atoms with E-state index >= 15 is 0 Å². The molecular weight excluding hydrogens is 382 g/mol. The first-order chi connectivity index (χ1) is 13.9. The Labute approximate surface area is 173 Å². The van der Waals surface area contributed by atoms with Gasteiger partial charge in [0.2, 0.25) is 0 Å². The largest absolute Gasteiger partial charge is 0.357 e. The summed E-state index contributed by atoms with van der Waals surface area (Å²) in [5.41, 5.74) is 4.83. The maximum Gasteiger partial charge on any atom is 0.191 e. The van der Waals surface area contributed by atoms with Crippen LogP contribution in [0.15, 0.2) is 52.4 Å². The maximum atomic E-state index is 11.8. The van der Waals surface area contributed by atoms with Gasteiger partial charge in [0, 0.05) is 19.3 Å². The minimum atomic E-state index is -3.19. The highest BCUT2D eigenvalue weighted by Crippen LogP contribution is 2.60. The Morgan fingerprint density at radius 2 is 1.97 bits per heavy atom. The lowest BCUT2D eigenvalue weighted by molar-refractivity contribution is 0.601. The fourth-order valence-corrected chi connectivity index (χ4v) is 5.67. The molecule has 0 heterocycles. The van der Waals surface area contributed by atoms with Gasteiger partial charge in [0.15, 0.2) is 15.8 Å². The van der Waals surface area contributed by atoms with E-state index in [-0.39, 0.29) is 0 Å². The zero-order valence-electron chi connectivity index (χ0n) is 17.3. The molecule has 0 aliphatic heterocycles. The molecule has 0 aromatic heterocycles. The molecule has 2 aliphatic rings. The minimum Gasteiger partial charge on any atom is -0.357 e. The second kappa shape index (κ2) is 7.82. The average Bonchev–Trinajstić information content (AvgIpc) is 3.20.